The lowest BCUT2D eigenvalue weighted by molar-refractivity contribution is -0.163. The number of urea groups is 1. The van der Waals surface area contributed by atoms with Crippen molar-refractivity contribution >= 4 is 17.9 Å². The molecule has 1 heterocycles. The number of nitrogens with one attached hydrogen (secondary N) is 2. The predicted molar refractivity (Wildman–Crippen MR) is 74.5 cm³/mol. The van der Waals surface area contributed by atoms with Gasteiger partial charge in [0, 0.05) is 7.05 Å². The molecule has 1 aromatic rings. The Labute approximate surface area is 126 Å². The number of amides is 3. The molecule has 0 saturated carbocycles. The van der Waals surface area contributed by atoms with Crippen LogP contribution in [-0.2, 0) is 14.3 Å². The lowest BCUT2D eigenvalue weighted by atomic mass is 10.2. The minimum absolute atomic E-state index is 0.0143. The fourth-order valence-corrected chi connectivity index (χ4v) is 1.72. The van der Waals surface area contributed by atoms with E-state index in [0.717, 1.165) is 0 Å². The van der Waals surface area contributed by atoms with Crippen LogP contribution < -0.4 is 20.1 Å². The predicted octanol–water partition coefficient (Wildman–Crippen LogP) is 0.214. The number of rotatable bonds is 3. The maximum atomic E-state index is 12.0. The van der Waals surface area contributed by atoms with Gasteiger partial charge >= 0.3 is 12.0 Å². The van der Waals surface area contributed by atoms with Gasteiger partial charge in [0.2, 0.25) is 6.10 Å². The van der Waals surface area contributed by atoms with Crippen LogP contribution in [0.2, 0.25) is 0 Å². The molecule has 1 aliphatic rings. The molecule has 0 unspecified atom stereocenters. The summed E-state index contributed by atoms with van der Waals surface area (Å²) in [6, 6.07) is 6.23. The number of ether oxygens (including phenoxy) is 3. The average molecular weight is 308 g/mol. The van der Waals surface area contributed by atoms with Crippen LogP contribution in [0.4, 0.5) is 4.79 Å². The number of carbonyl (C=O) groups is 3. The quantitative estimate of drug-likeness (QED) is 0.774. The third-order valence-electron chi connectivity index (χ3n) is 2.90. The molecule has 0 aromatic heterocycles. The van der Waals surface area contributed by atoms with E-state index in [1.54, 1.807) is 24.3 Å². The van der Waals surface area contributed by atoms with Gasteiger partial charge in [-0.3, -0.25) is 10.1 Å². The molecule has 2 N–H and O–H groups in total. The van der Waals surface area contributed by atoms with Crippen molar-refractivity contribution in [1.29, 1.82) is 0 Å². The molecule has 118 valence electrons. The van der Waals surface area contributed by atoms with Crippen molar-refractivity contribution in [2.24, 2.45) is 0 Å². The molecule has 0 bridgehead atoms. The number of hydrogen-bond donors (Lipinski definition) is 2. The molecule has 0 spiro atoms. The van der Waals surface area contributed by atoms with Crippen LogP contribution in [0, 0.1) is 0 Å². The van der Waals surface area contributed by atoms with Crippen molar-refractivity contribution in [1.82, 2.24) is 10.6 Å². The zero-order valence-electron chi connectivity index (χ0n) is 12.1. The number of fused-ring (bicyclic) bond motifs is 1. The first kappa shape index (κ1) is 15.6. The molecule has 8 heteroatoms. The number of benzene rings is 1. The van der Waals surface area contributed by atoms with Crippen LogP contribution in [0.3, 0.4) is 0 Å². The first-order valence-electron chi connectivity index (χ1n) is 6.63. The van der Waals surface area contributed by atoms with Crippen molar-refractivity contribution in [3.63, 3.8) is 0 Å². The van der Waals surface area contributed by atoms with Gasteiger partial charge < -0.3 is 19.5 Å². The highest BCUT2D eigenvalue weighted by Gasteiger charge is 2.31. The topological polar surface area (TPSA) is 103 Å². The lowest BCUT2D eigenvalue weighted by Crippen LogP contribution is -2.46. The Morgan fingerprint density at radius 3 is 2.64 bits per heavy atom. The van der Waals surface area contributed by atoms with E-state index < -0.39 is 30.1 Å². The van der Waals surface area contributed by atoms with Gasteiger partial charge in [-0.05, 0) is 19.1 Å². The van der Waals surface area contributed by atoms with Crippen LogP contribution >= 0.6 is 0 Å². The molecular formula is C14H16N2O6. The van der Waals surface area contributed by atoms with Gasteiger partial charge in [-0.15, -0.1) is 0 Å². The van der Waals surface area contributed by atoms with E-state index in [9.17, 15) is 14.4 Å². The fourth-order valence-electron chi connectivity index (χ4n) is 1.72. The lowest BCUT2D eigenvalue weighted by Gasteiger charge is -2.25. The van der Waals surface area contributed by atoms with E-state index in [1.807, 2.05) is 5.32 Å². The van der Waals surface area contributed by atoms with E-state index in [-0.39, 0.29) is 6.61 Å². The Balaban J connectivity index is 1.90. The van der Waals surface area contributed by atoms with E-state index in [1.165, 1.54) is 14.0 Å². The number of para-hydroxylation sites is 2. The number of imide groups is 1. The molecule has 3 amide bonds. The van der Waals surface area contributed by atoms with Crippen molar-refractivity contribution in [3.8, 4) is 11.5 Å². The highest BCUT2D eigenvalue weighted by atomic mass is 16.6. The molecule has 0 fully saturated rings. The summed E-state index contributed by atoms with van der Waals surface area (Å²) in [6.45, 7) is 1.34. The van der Waals surface area contributed by atoms with Crippen LogP contribution in [-0.4, -0.2) is 43.8 Å². The molecule has 0 saturated heterocycles. The molecule has 0 aliphatic carbocycles. The number of hydrogen-bond acceptors (Lipinski definition) is 6. The Morgan fingerprint density at radius 2 is 1.95 bits per heavy atom. The second-order valence-electron chi connectivity index (χ2n) is 4.51. The summed E-state index contributed by atoms with van der Waals surface area (Å²) >= 11 is 0. The minimum atomic E-state index is -1.13. The first-order valence-corrected chi connectivity index (χ1v) is 6.63. The van der Waals surface area contributed by atoms with Crippen molar-refractivity contribution in [3.05, 3.63) is 24.3 Å². The smallest absolute Gasteiger partial charge is 0.351 e. The van der Waals surface area contributed by atoms with Crippen LogP contribution in [0.25, 0.3) is 0 Å². The normalized spacial score (nSPS) is 17.1. The molecule has 1 aromatic carbocycles. The third kappa shape index (κ3) is 3.66. The molecule has 2 rings (SSSR count). The molecule has 22 heavy (non-hydrogen) atoms. The largest absolute Gasteiger partial charge is 0.485 e. The Morgan fingerprint density at radius 1 is 1.27 bits per heavy atom. The third-order valence-corrected chi connectivity index (χ3v) is 2.90. The van der Waals surface area contributed by atoms with Crippen molar-refractivity contribution in [2.75, 3.05) is 13.7 Å². The summed E-state index contributed by atoms with van der Waals surface area (Å²) in [7, 11) is 1.37. The van der Waals surface area contributed by atoms with Crippen LogP contribution in [0.5, 0.6) is 11.5 Å². The summed E-state index contributed by atoms with van der Waals surface area (Å²) in [6.07, 6.45) is -2.10. The van der Waals surface area contributed by atoms with Gasteiger partial charge in [0.1, 0.15) is 6.61 Å². The molecule has 2 atom stereocenters. The van der Waals surface area contributed by atoms with Crippen LogP contribution in [0.15, 0.2) is 24.3 Å². The Bertz CT molecular complexity index is 588. The summed E-state index contributed by atoms with van der Waals surface area (Å²) in [5.74, 6) is -0.506. The van der Waals surface area contributed by atoms with E-state index >= 15 is 0 Å². The summed E-state index contributed by atoms with van der Waals surface area (Å²) in [5, 5.41) is 4.24. The summed E-state index contributed by atoms with van der Waals surface area (Å²) < 4.78 is 15.8. The second kappa shape index (κ2) is 6.79. The monoisotopic (exact) mass is 308 g/mol. The molecule has 1 aliphatic heterocycles. The van der Waals surface area contributed by atoms with Crippen LogP contribution in [0.1, 0.15) is 6.92 Å². The van der Waals surface area contributed by atoms with Gasteiger partial charge in [0.25, 0.3) is 5.91 Å². The first-order chi connectivity index (χ1) is 10.5. The van der Waals surface area contributed by atoms with E-state index in [0.29, 0.717) is 11.5 Å². The van der Waals surface area contributed by atoms with Gasteiger partial charge in [0.05, 0.1) is 0 Å². The molecular weight excluding hydrogens is 292 g/mol. The van der Waals surface area contributed by atoms with Gasteiger partial charge in [-0.2, -0.15) is 0 Å². The molecule has 0 radical (unpaired) electrons. The average Bonchev–Trinajstić information content (AvgIpc) is 2.53. The highest BCUT2D eigenvalue weighted by Crippen LogP contribution is 2.31. The standard InChI is InChI=1S/C14H16N2O6/c1-8(12(17)16-14(19)15-2)21-13(18)11-7-20-9-5-3-4-6-10(9)22-11/h3-6,8,11H,7H2,1-2H3,(H2,15,16,17,19)/t8-,11+/m1/s1. The van der Waals surface area contributed by atoms with E-state index in [4.69, 9.17) is 14.2 Å². The second-order valence-corrected chi connectivity index (χ2v) is 4.51. The number of carbonyl (C=O) groups excluding carboxylic acids is 3. The maximum Gasteiger partial charge on any atom is 0.351 e. The summed E-state index contributed by atoms with van der Waals surface area (Å²) in [4.78, 5) is 34.6. The van der Waals surface area contributed by atoms with Crippen molar-refractivity contribution < 1.29 is 28.6 Å². The minimum Gasteiger partial charge on any atom is -0.485 e. The van der Waals surface area contributed by atoms with Gasteiger partial charge in [0.15, 0.2) is 17.6 Å². The number of esters is 1. The van der Waals surface area contributed by atoms with E-state index in [2.05, 4.69) is 5.32 Å². The fraction of sp³-hybridized carbons (Fsp3) is 0.357. The highest BCUT2D eigenvalue weighted by molar-refractivity contribution is 5.97. The Hall–Kier alpha value is -2.77. The van der Waals surface area contributed by atoms with Gasteiger partial charge in [-0.1, -0.05) is 12.1 Å². The summed E-state index contributed by atoms with van der Waals surface area (Å²) in [5.41, 5.74) is 0. The van der Waals surface area contributed by atoms with Crippen molar-refractivity contribution in [2.45, 2.75) is 19.1 Å². The van der Waals surface area contributed by atoms with Gasteiger partial charge in [-0.25, -0.2) is 9.59 Å². The zero-order chi connectivity index (χ0) is 16.1. The molecule has 8 nitrogen and oxygen atoms in total. The zero-order valence-corrected chi connectivity index (χ0v) is 12.1. The Kier molecular flexibility index (Phi) is 4.82. The SMILES string of the molecule is CNC(=O)NC(=O)[C@@H](C)OC(=O)[C@@H]1COc2ccccc2O1. The maximum absolute atomic E-state index is 12.0.